The Morgan fingerprint density at radius 1 is 1.32 bits per heavy atom. The number of hydrazine groups is 1. The summed E-state index contributed by atoms with van der Waals surface area (Å²) in [4.78, 5) is 8.45. The number of nitrogens with one attached hydrogen (secondary N) is 1. The second kappa shape index (κ2) is 4.99. The van der Waals surface area contributed by atoms with Gasteiger partial charge in [0.15, 0.2) is 6.17 Å². The van der Waals surface area contributed by atoms with Gasteiger partial charge < -0.3 is 5.43 Å². The van der Waals surface area contributed by atoms with Crippen LogP contribution in [0.2, 0.25) is 5.02 Å². The SMILES string of the molecule is NNC1=NC=NC2C1C=NN2Cc1ccc(Cl)cc1. The second-order valence-electron chi connectivity index (χ2n) is 4.35. The highest BCUT2D eigenvalue weighted by molar-refractivity contribution is 6.30. The lowest BCUT2D eigenvalue weighted by molar-refractivity contribution is 0.213. The Hall–Kier alpha value is -1.92. The normalized spacial score (nSPS) is 24.3. The summed E-state index contributed by atoms with van der Waals surface area (Å²) in [5.41, 5.74) is 3.72. The summed E-state index contributed by atoms with van der Waals surface area (Å²) in [6, 6.07) is 7.70. The molecule has 1 aromatic carbocycles. The number of benzene rings is 1. The average Bonchev–Trinajstić information content (AvgIpc) is 2.84. The Morgan fingerprint density at radius 2 is 2.11 bits per heavy atom. The van der Waals surface area contributed by atoms with E-state index in [0.717, 1.165) is 10.6 Å². The van der Waals surface area contributed by atoms with E-state index < -0.39 is 0 Å². The molecule has 2 aliphatic heterocycles. The number of hydrazone groups is 1. The molecule has 98 valence electrons. The lowest BCUT2D eigenvalue weighted by atomic mass is 10.1. The molecule has 7 heteroatoms. The quantitative estimate of drug-likeness (QED) is 0.624. The zero-order valence-corrected chi connectivity index (χ0v) is 10.8. The van der Waals surface area contributed by atoms with Crippen molar-refractivity contribution in [1.29, 1.82) is 0 Å². The largest absolute Gasteiger partial charge is 0.311 e. The smallest absolute Gasteiger partial charge is 0.154 e. The molecule has 3 N–H and O–H groups in total. The first kappa shape index (κ1) is 12.1. The molecule has 3 rings (SSSR count). The van der Waals surface area contributed by atoms with Crippen LogP contribution in [0, 0.1) is 5.92 Å². The average molecular weight is 277 g/mol. The molecule has 0 amide bonds. The number of halogens is 1. The maximum absolute atomic E-state index is 5.87. The van der Waals surface area contributed by atoms with Crippen LogP contribution in [0.25, 0.3) is 0 Å². The Bertz CT molecular complexity index is 550. The fourth-order valence-electron chi connectivity index (χ4n) is 2.16. The van der Waals surface area contributed by atoms with Gasteiger partial charge in [-0.3, -0.25) is 5.01 Å². The highest BCUT2D eigenvalue weighted by atomic mass is 35.5. The molecule has 2 atom stereocenters. The third kappa shape index (κ3) is 2.32. The lowest BCUT2D eigenvalue weighted by Gasteiger charge is -2.26. The van der Waals surface area contributed by atoms with Gasteiger partial charge in [0.05, 0.1) is 12.5 Å². The van der Waals surface area contributed by atoms with Crippen molar-refractivity contribution in [3.05, 3.63) is 34.9 Å². The van der Waals surface area contributed by atoms with Gasteiger partial charge in [0.2, 0.25) is 0 Å². The standard InChI is InChI=1S/C12H13ClN6/c13-9-3-1-8(2-4-9)6-19-12-10(5-17-19)11(18-14)15-7-16-12/h1-5,7,10,12H,6,14H2,(H,15,16,18). The van der Waals surface area contributed by atoms with Crippen LogP contribution in [0.5, 0.6) is 0 Å². The zero-order valence-electron chi connectivity index (χ0n) is 10.1. The van der Waals surface area contributed by atoms with Crippen LogP contribution in [-0.4, -0.2) is 29.6 Å². The molecule has 0 radical (unpaired) electrons. The van der Waals surface area contributed by atoms with E-state index in [9.17, 15) is 0 Å². The highest BCUT2D eigenvalue weighted by Crippen LogP contribution is 2.24. The van der Waals surface area contributed by atoms with Gasteiger partial charge in [0.25, 0.3) is 0 Å². The Balaban J connectivity index is 1.75. The molecule has 2 unspecified atom stereocenters. The van der Waals surface area contributed by atoms with Crippen LogP contribution in [-0.2, 0) is 6.54 Å². The third-order valence-electron chi connectivity index (χ3n) is 3.14. The second-order valence-corrected chi connectivity index (χ2v) is 4.79. The van der Waals surface area contributed by atoms with E-state index in [-0.39, 0.29) is 12.1 Å². The molecule has 0 fully saturated rings. The zero-order chi connectivity index (χ0) is 13.2. The number of fused-ring (bicyclic) bond motifs is 1. The van der Waals surface area contributed by atoms with E-state index >= 15 is 0 Å². The van der Waals surface area contributed by atoms with Gasteiger partial charge >= 0.3 is 0 Å². The van der Waals surface area contributed by atoms with E-state index in [4.69, 9.17) is 17.4 Å². The third-order valence-corrected chi connectivity index (χ3v) is 3.39. The predicted octanol–water partition coefficient (Wildman–Crippen LogP) is 0.987. The Morgan fingerprint density at radius 3 is 2.84 bits per heavy atom. The van der Waals surface area contributed by atoms with Gasteiger partial charge in [-0.1, -0.05) is 23.7 Å². The number of nitrogens with zero attached hydrogens (tertiary/aromatic N) is 4. The molecule has 19 heavy (non-hydrogen) atoms. The summed E-state index contributed by atoms with van der Waals surface area (Å²) in [6.07, 6.45) is 3.24. The summed E-state index contributed by atoms with van der Waals surface area (Å²) in [5, 5.41) is 7.02. The van der Waals surface area contributed by atoms with Crippen molar-refractivity contribution in [1.82, 2.24) is 10.4 Å². The van der Waals surface area contributed by atoms with Crippen LogP contribution in [0.15, 0.2) is 39.4 Å². The van der Waals surface area contributed by atoms with Crippen molar-refractivity contribution in [3.63, 3.8) is 0 Å². The van der Waals surface area contributed by atoms with E-state index in [1.807, 2.05) is 35.5 Å². The molecule has 2 heterocycles. The molecule has 0 spiro atoms. The van der Waals surface area contributed by atoms with Crippen molar-refractivity contribution in [2.24, 2.45) is 26.8 Å². The predicted molar refractivity (Wildman–Crippen MR) is 76.0 cm³/mol. The number of rotatable bonds is 2. The first-order chi connectivity index (χ1) is 9.28. The molecule has 1 aromatic rings. The Labute approximate surface area is 115 Å². The molecule has 0 saturated carbocycles. The fourth-order valence-corrected chi connectivity index (χ4v) is 2.29. The lowest BCUT2D eigenvalue weighted by Crippen LogP contribution is -2.45. The maximum atomic E-state index is 5.87. The van der Waals surface area contributed by atoms with E-state index in [2.05, 4.69) is 20.5 Å². The van der Waals surface area contributed by atoms with Gasteiger partial charge in [-0.25, -0.2) is 15.8 Å². The van der Waals surface area contributed by atoms with Crippen LogP contribution < -0.4 is 11.3 Å². The first-order valence-electron chi connectivity index (χ1n) is 5.89. The van der Waals surface area contributed by atoms with Gasteiger partial charge in [0, 0.05) is 11.2 Å². The van der Waals surface area contributed by atoms with Gasteiger partial charge in [0.1, 0.15) is 12.2 Å². The first-order valence-corrected chi connectivity index (χ1v) is 6.27. The van der Waals surface area contributed by atoms with Gasteiger partial charge in [-0.05, 0) is 17.7 Å². The minimum Gasteiger partial charge on any atom is -0.311 e. The monoisotopic (exact) mass is 276 g/mol. The molecule has 0 aromatic heterocycles. The summed E-state index contributed by atoms with van der Waals surface area (Å²) in [5.74, 6) is 6.11. The molecule has 0 bridgehead atoms. The van der Waals surface area contributed by atoms with Crippen LogP contribution in [0.1, 0.15) is 5.56 Å². The van der Waals surface area contributed by atoms with E-state index in [1.54, 1.807) is 0 Å². The summed E-state index contributed by atoms with van der Waals surface area (Å²) in [7, 11) is 0. The van der Waals surface area contributed by atoms with Crippen molar-refractivity contribution < 1.29 is 0 Å². The number of hydrogen-bond donors (Lipinski definition) is 2. The van der Waals surface area contributed by atoms with Crippen molar-refractivity contribution in [2.45, 2.75) is 12.7 Å². The maximum Gasteiger partial charge on any atom is 0.154 e. The number of amidine groups is 1. The molecule has 0 aliphatic carbocycles. The summed E-state index contributed by atoms with van der Waals surface area (Å²) >= 11 is 5.87. The molecule has 2 aliphatic rings. The molecule has 0 saturated heterocycles. The topological polar surface area (TPSA) is 78.4 Å². The number of aliphatic imine (C=N–C) groups is 2. The molecular formula is C12H13ClN6. The van der Waals surface area contributed by atoms with E-state index in [0.29, 0.717) is 12.4 Å². The van der Waals surface area contributed by atoms with Crippen LogP contribution in [0.3, 0.4) is 0 Å². The van der Waals surface area contributed by atoms with Gasteiger partial charge in [-0.2, -0.15) is 5.10 Å². The minimum absolute atomic E-state index is 0.0118. The van der Waals surface area contributed by atoms with Gasteiger partial charge in [-0.15, -0.1) is 0 Å². The number of hydrogen-bond acceptors (Lipinski definition) is 6. The fraction of sp³-hybridized carbons (Fsp3) is 0.250. The van der Waals surface area contributed by atoms with Crippen molar-refractivity contribution in [3.8, 4) is 0 Å². The van der Waals surface area contributed by atoms with Crippen LogP contribution in [0.4, 0.5) is 0 Å². The number of nitrogens with two attached hydrogens (primary N) is 1. The van der Waals surface area contributed by atoms with Crippen molar-refractivity contribution in [2.75, 3.05) is 0 Å². The van der Waals surface area contributed by atoms with Crippen LogP contribution >= 0.6 is 11.6 Å². The summed E-state index contributed by atoms with van der Waals surface area (Å²) < 4.78 is 0. The van der Waals surface area contributed by atoms with Crippen molar-refractivity contribution >= 4 is 30.0 Å². The molecular weight excluding hydrogens is 264 g/mol. The summed E-state index contributed by atoms with van der Waals surface area (Å²) in [6.45, 7) is 0.671. The minimum atomic E-state index is -0.0840. The Kier molecular flexibility index (Phi) is 3.18. The van der Waals surface area contributed by atoms with E-state index in [1.165, 1.54) is 6.34 Å². The molecule has 6 nitrogen and oxygen atoms in total. The highest BCUT2D eigenvalue weighted by Gasteiger charge is 2.35.